The zero-order valence-electron chi connectivity index (χ0n) is 14.9. The topological polar surface area (TPSA) is 77.2 Å². The molecule has 140 valence electrons. The number of aromatic nitrogens is 2. The molecule has 0 radical (unpaired) electrons. The van der Waals surface area contributed by atoms with Crippen molar-refractivity contribution in [3.63, 3.8) is 0 Å². The maximum atomic E-state index is 12.8. The largest absolute Gasteiger partial charge is 0.497 e. The van der Waals surface area contributed by atoms with Gasteiger partial charge in [0, 0.05) is 24.9 Å². The smallest absolute Gasteiger partial charge is 0.226 e. The highest BCUT2D eigenvalue weighted by atomic mass is 19.1. The van der Waals surface area contributed by atoms with Gasteiger partial charge in [0.2, 0.25) is 17.6 Å². The molecular weight excluding hydrogens is 349 g/mol. The van der Waals surface area contributed by atoms with Crippen molar-refractivity contribution in [1.82, 2.24) is 15.5 Å². The lowest BCUT2D eigenvalue weighted by Gasteiger charge is -2.04. The minimum Gasteiger partial charge on any atom is -0.497 e. The summed E-state index contributed by atoms with van der Waals surface area (Å²) in [6.07, 6.45) is 1.47. The highest BCUT2D eigenvalue weighted by molar-refractivity contribution is 5.75. The molecule has 1 amide bonds. The number of benzene rings is 2. The molecule has 3 aromatic rings. The molecular formula is C20H20FN3O3. The number of hydrogen-bond acceptors (Lipinski definition) is 5. The van der Waals surface area contributed by atoms with Crippen LogP contribution >= 0.6 is 0 Å². The lowest BCUT2D eigenvalue weighted by atomic mass is 10.2. The normalized spacial score (nSPS) is 10.6. The van der Waals surface area contributed by atoms with Gasteiger partial charge in [-0.15, -0.1) is 0 Å². The number of ether oxygens (including phenoxy) is 1. The lowest BCUT2D eigenvalue weighted by molar-refractivity contribution is -0.121. The molecule has 6 nitrogen and oxygen atoms in total. The van der Waals surface area contributed by atoms with Crippen molar-refractivity contribution in [2.24, 2.45) is 0 Å². The minimum absolute atomic E-state index is 0.0748. The molecule has 0 bridgehead atoms. The van der Waals surface area contributed by atoms with E-state index in [1.807, 2.05) is 24.3 Å². The fourth-order valence-electron chi connectivity index (χ4n) is 2.51. The van der Waals surface area contributed by atoms with E-state index in [9.17, 15) is 9.18 Å². The predicted molar refractivity (Wildman–Crippen MR) is 97.5 cm³/mol. The second kappa shape index (κ2) is 8.93. The summed E-state index contributed by atoms with van der Waals surface area (Å²) in [6, 6.07) is 13.4. The fraction of sp³-hybridized carbons (Fsp3) is 0.250. The number of aryl methyl sites for hydroxylation is 1. The number of nitrogens with one attached hydrogen (secondary N) is 1. The molecule has 0 aliphatic carbocycles. The van der Waals surface area contributed by atoms with Gasteiger partial charge < -0.3 is 14.6 Å². The predicted octanol–water partition coefficient (Wildman–Crippen LogP) is 3.52. The molecule has 0 unspecified atom stereocenters. The number of halogens is 1. The van der Waals surface area contributed by atoms with Gasteiger partial charge in [0.05, 0.1) is 7.11 Å². The Morgan fingerprint density at radius 1 is 1.15 bits per heavy atom. The summed E-state index contributed by atoms with van der Waals surface area (Å²) in [5.74, 6) is 1.39. The Bertz CT molecular complexity index is 876. The number of hydrogen-bond donors (Lipinski definition) is 1. The summed E-state index contributed by atoms with van der Waals surface area (Å²) >= 11 is 0. The molecule has 7 heteroatoms. The van der Waals surface area contributed by atoms with E-state index in [4.69, 9.17) is 9.26 Å². The molecule has 0 spiro atoms. The third kappa shape index (κ3) is 5.37. The van der Waals surface area contributed by atoms with E-state index in [2.05, 4.69) is 15.5 Å². The standard InChI is InChI=1S/C20H20FN3O3/c1-26-17-11-7-15(8-12-17)20-23-19(27-24-20)4-2-3-18(25)22-13-14-5-9-16(21)10-6-14/h5-12H,2-4,13H2,1H3,(H,22,25). The van der Waals surface area contributed by atoms with Crippen molar-refractivity contribution >= 4 is 5.91 Å². The van der Waals surface area contributed by atoms with Gasteiger partial charge in [-0.25, -0.2) is 4.39 Å². The Balaban J connectivity index is 1.43. The van der Waals surface area contributed by atoms with Crippen LogP contribution < -0.4 is 10.1 Å². The molecule has 1 aromatic heterocycles. The molecule has 0 aliphatic rings. The minimum atomic E-state index is -0.293. The maximum absolute atomic E-state index is 12.8. The van der Waals surface area contributed by atoms with Crippen molar-refractivity contribution in [3.05, 3.63) is 65.8 Å². The van der Waals surface area contributed by atoms with Gasteiger partial charge in [-0.3, -0.25) is 4.79 Å². The summed E-state index contributed by atoms with van der Waals surface area (Å²) in [5, 5.41) is 6.77. The van der Waals surface area contributed by atoms with Crippen LogP contribution in [-0.4, -0.2) is 23.2 Å². The molecule has 2 aromatic carbocycles. The van der Waals surface area contributed by atoms with Crippen molar-refractivity contribution < 1.29 is 18.4 Å². The van der Waals surface area contributed by atoms with Gasteiger partial charge in [-0.2, -0.15) is 4.98 Å². The number of carbonyl (C=O) groups excluding carboxylic acids is 1. The number of methoxy groups -OCH3 is 1. The monoisotopic (exact) mass is 369 g/mol. The van der Waals surface area contributed by atoms with Crippen LogP contribution in [0.3, 0.4) is 0 Å². The van der Waals surface area contributed by atoms with Crippen LogP contribution in [-0.2, 0) is 17.8 Å². The van der Waals surface area contributed by atoms with Crippen LogP contribution in [0.4, 0.5) is 4.39 Å². The second-order valence-corrected chi connectivity index (χ2v) is 6.00. The van der Waals surface area contributed by atoms with E-state index in [0.29, 0.717) is 37.5 Å². The first-order valence-electron chi connectivity index (χ1n) is 8.62. The molecule has 0 atom stereocenters. The van der Waals surface area contributed by atoms with Crippen molar-refractivity contribution in [1.29, 1.82) is 0 Å². The Hall–Kier alpha value is -3.22. The van der Waals surface area contributed by atoms with Crippen LogP contribution in [0.25, 0.3) is 11.4 Å². The Morgan fingerprint density at radius 3 is 2.59 bits per heavy atom. The average Bonchev–Trinajstić information content (AvgIpc) is 3.16. The van der Waals surface area contributed by atoms with Crippen molar-refractivity contribution in [2.75, 3.05) is 7.11 Å². The summed E-state index contributed by atoms with van der Waals surface area (Å²) in [7, 11) is 1.61. The van der Waals surface area contributed by atoms with E-state index in [1.165, 1.54) is 12.1 Å². The van der Waals surface area contributed by atoms with E-state index >= 15 is 0 Å². The molecule has 1 heterocycles. The third-order valence-electron chi connectivity index (χ3n) is 4.01. The van der Waals surface area contributed by atoms with Crippen LogP contribution in [0.5, 0.6) is 5.75 Å². The highest BCUT2D eigenvalue weighted by Gasteiger charge is 2.10. The number of amides is 1. The van der Waals surface area contributed by atoms with Gasteiger partial charge in [-0.05, 0) is 48.4 Å². The van der Waals surface area contributed by atoms with Gasteiger partial charge in [0.25, 0.3) is 0 Å². The van der Waals surface area contributed by atoms with Crippen LogP contribution in [0.15, 0.2) is 53.1 Å². The zero-order chi connectivity index (χ0) is 19.1. The van der Waals surface area contributed by atoms with Gasteiger partial charge >= 0.3 is 0 Å². The molecule has 0 fully saturated rings. The maximum Gasteiger partial charge on any atom is 0.226 e. The van der Waals surface area contributed by atoms with Crippen molar-refractivity contribution in [2.45, 2.75) is 25.8 Å². The molecule has 0 saturated carbocycles. The lowest BCUT2D eigenvalue weighted by Crippen LogP contribution is -2.22. The van der Waals surface area contributed by atoms with Gasteiger partial charge in [0.1, 0.15) is 11.6 Å². The summed E-state index contributed by atoms with van der Waals surface area (Å²) < 4.78 is 23.2. The number of carbonyl (C=O) groups is 1. The summed E-state index contributed by atoms with van der Waals surface area (Å²) in [5.41, 5.74) is 1.69. The highest BCUT2D eigenvalue weighted by Crippen LogP contribution is 2.20. The average molecular weight is 369 g/mol. The van der Waals surface area contributed by atoms with Crippen LogP contribution in [0, 0.1) is 5.82 Å². The first kappa shape index (κ1) is 18.6. The van der Waals surface area contributed by atoms with E-state index in [-0.39, 0.29) is 11.7 Å². The van der Waals surface area contributed by atoms with E-state index < -0.39 is 0 Å². The van der Waals surface area contributed by atoms with Crippen LogP contribution in [0.1, 0.15) is 24.3 Å². The van der Waals surface area contributed by atoms with E-state index in [1.54, 1.807) is 19.2 Å². The Labute approximate surface area is 156 Å². The first-order chi connectivity index (χ1) is 13.1. The molecule has 27 heavy (non-hydrogen) atoms. The quantitative estimate of drug-likeness (QED) is 0.657. The molecule has 0 aliphatic heterocycles. The molecule has 3 rings (SSSR count). The zero-order valence-corrected chi connectivity index (χ0v) is 14.9. The SMILES string of the molecule is COc1ccc(-c2noc(CCCC(=O)NCc3ccc(F)cc3)n2)cc1. The van der Waals surface area contributed by atoms with E-state index in [0.717, 1.165) is 16.9 Å². The van der Waals surface area contributed by atoms with Crippen molar-refractivity contribution in [3.8, 4) is 17.1 Å². The summed E-state index contributed by atoms with van der Waals surface area (Å²) in [4.78, 5) is 16.2. The molecule has 0 saturated heterocycles. The third-order valence-corrected chi connectivity index (χ3v) is 4.01. The van der Waals surface area contributed by atoms with Gasteiger partial charge in [-0.1, -0.05) is 17.3 Å². The first-order valence-corrected chi connectivity index (χ1v) is 8.62. The number of nitrogens with zero attached hydrogens (tertiary/aromatic N) is 2. The summed E-state index contributed by atoms with van der Waals surface area (Å²) in [6.45, 7) is 0.376. The Kier molecular flexibility index (Phi) is 6.14. The van der Waals surface area contributed by atoms with Crippen LogP contribution in [0.2, 0.25) is 0 Å². The van der Waals surface area contributed by atoms with Gasteiger partial charge in [0.15, 0.2) is 0 Å². The molecule has 1 N–H and O–H groups in total. The number of rotatable bonds is 8. The Morgan fingerprint density at radius 2 is 1.89 bits per heavy atom. The fourth-order valence-corrected chi connectivity index (χ4v) is 2.51. The second-order valence-electron chi connectivity index (χ2n) is 6.00.